The summed E-state index contributed by atoms with van der Waals surface area (Å²) in [5.74, 6) is 1.84. The van der Waals surface area contributed by atoms with Gasteiger partial charge in [-0.3, -0.25) is 4.98 Å². The molecule has 0 aliphatic carbocycles. The predicted octanol–water partition coefficient (Wildman–Crippen LogP) is 3.57. The monoisotopic (exact) mass is 437 g/mol. The molecule has 0 aliphatic rings. The van der Waals surface area contributed by atoms with Crippen LogP contribution in [0.3, 0.4) is 0 Å². The van der Waals surface area contributed by atoms with Crippen LogP contribution in [-0.4, -0.2) is 48.3 Å². The highest BCUT2D eigenvalue weighted by molar-refractivity contribution is 5.88. The summed E-state index contributed by atoms with van der Waals surface area (Å²) in [6, 6.07) is 8.63. The Morgan fingerprint density at radius 3 is 2.75 bits per heavy atom. The van der Waals surface area contributed by atoms with Gasteiger partial charge in [-0.15, -0.1) is 6.58 Å². The van der Waals surface area contributed by atoms with Gasteiger partial charge in [0.15, 0.2) is 5.82 Å². The van der Waals surface area contributed by atoms with Gasteiger partial charge < -0.3 is 24.8 Å². The van der Waals surface area contributed by atoms with E-state index < -0.39 is 6.04 Å². The number of benzene rings is 1. The Hall–Kier alpha value is -3.88. The third-order valence-electron chi connectivity index (χ3n) is 4.84. The third kappa shape index (κ3) is 5.42. The molecule has 1 aromatic carbocycles. The topological polar surface area (TPSA) is 107 Å². The maximum absolute atomic E-state index is 12.3. The van der Waals surface area contributed by atoms with Gasteiger partial charge in [0, 0.05) is 24.4 Å². The average molecular weight is 438 g/mol. The average Bonchev–Trinajstić information content (AvgIpc) is 2.84. The summed E-state index contributed by atoms with van der Waals surface area (Å²) >= 11 is 0. The second-order valence-electron chi connectivity index (χ2n) is 6.88. The number of ether oxygens (including phenoxy) is 3. The molecular weight excluding hydrogens is 410 g/mol. The molecule has 3 rings (SSSR count). The summed E-state index contributed by atoms with van der Waals surface area (Å²) in [4.78, 5) is 25.8. The predicted molar refractivity (Wildman–Crippen MR) is 123 cm³/mol. The summed E-state index contributed by atoms with van der Waals surface area (Å²) in [5.41, 5.74) is 2.12. The first-order valence-electron chi connectivity index (χ1n) is 10.1. The fourth-order valence-corrected chi connectivity index (χ4v) is 3.16. The number of aromatic nitrogens is 3. The molecule has 3 aromatic rings. The molecule has 0 fully saturated rings. The van der Waals surface area contributed by atoms with Crippen molar-refractivity contribution in [3.8, 4) is 11.5 Å². The lowest BCUT2D eigenvalue weighted by Gasteiger charge is -2.18. The highest BCUT2D eigenvalue weighted by Crippen LogP contribution is 2.26. The Morgan fingerprint density at radius 1 is 1.19 bits per heavy atom. The number of nitrogens with zero attached hydrogens (tertiary/aromatic N) is 3. The van der Waals surface area contributed by atoms with Crippen molar-refractivity contribution in [2.75, 3.05) is 32.0 Å². The number of hydrogen-bond donors (Lipinski definition) is 2. The molecule has 2 heterocycles. The fraction of sp³-hybridized carbons (Fsp3) is 0.304. The van der Waals surface area contributed by atoms with Gasteiger partial charge in [0.2, 0.25) is 5.95 Å². The minimum atomic E-state index is -0.590. The maximum atomic E-state index is 12.3. The SMILES string of the molecule is C=CCC[C@@H](Nc1nc(NCc2ccc(OC)cc2OC)nc2cccnc12)C(=O)OC. The van der Waals surface area contributed by atoms with Gasteiger partial charge in [-0.25, -0.2) is 9.78 Å². The summed E-state index contributed by atoms with van der Waals surface area (Å²) in [6.07, 6.45) is 4.57. The lowest BCUT2D eigenvalue weighted by atomic mass is 10.1. The van der Waals surface area contributed by atoms with Gasteiger partial charge >= 0.3 is 5.97 Å². The molecule has 0 amide bonds. The summed E-state index contributed by atoms with van der Waals surface area (Å²) in [6.45, 7) is 4.15. The molecule has 168 valence electrons. The Morgan fingerprint density at radius 2 is 2.03 bits per heavy atom. The molecule has 0 spiro atoms. The molecule has 2 N–H and O–H groups in total. The van der Waals surface area contributed by atoms with Crippen LogP contribution in [0.25, 0.3) is 11.0 Å². The van der Waals surface area contributed by atoms with Crippen molar-refractivity contribution in [1.82, 2.24) is 15.0 Å². The minimum absolute atomic E-state index is 0.382. The van der Waals surface area contributed by atoms with E-state index in [1.165, 1.54) is 7.11 Å². The number of fused-ring (bicyclic) bond motifs is 1. The molecule has 0 saturated carbocycles. The summed E-state index contributed by atoms with van der Waals surface area (Å²) in [7, 11) is 4.57. The lowest BCUT2D eigenvalue weighted by Crippen LogP contribution is -2.31. The number of anilines is 2. The van der Waals surface area contributed by atoms with Gasteiger partial charge in [-0.05, 0) is 37.1 Å². The smallest absolute Gasteiger partial charge is 0.328 e. The highest BCUT2D eigenvalue weighted by atomic mass is 16.5. The van der Waals surface area contributed by atoms with Crippen LogP contribution in [0.4, 0.5) is 11.8 Å². The number of carbonyl (C=O) groups excluding carboxylic acids is 1. The van der Waals surface area contributed by atoms with Crippen LogP contribution < -0.4 is 20.1 Å². The van der Waals surface area contributed by atoms with E-state index in [0.717, 1.165) is 5.56 Å². The van der Waals surface area contributed by atoms with Gasteiger partial charge in [-0.2, -0.15) is 4.98 Å². The maximum Gasteiger partial charge on any atom is 0.328 e. The molecule has 2 aromatic heterocycles. The number of nitrogens with one attached hydrogen (secondary N) is 2. The number of esters is 1. The van der Waals surface area contributed by atoms with E-state index in [2.05, 4.69) is 32.2 Å². The highest BCUT2D eigenvalue weighted by Gasteiger charge is 2.21. The number of carbonyl (C=O) groups is 1. The zero-order chi connectivity index (χ0) is 22.9. The Bertz CT molecular complexity index is 1090. The Labute approximate surface area is 186 Å². The Kier molecular flexibility index (Phi) is 7.80. The van der Waals surface area contributed by atoms with Crippen molar-refractivity contribution in [3.05, 3.63) is 54.7 Å². The van der Waals surface area contributed by atoms with Crippen molar-refractivity contribution >= 4 is 28.8 Å². The number of allylic oxidation sites excluding steroid dienone is 1. The van der Waals surface area contributed by atoms with Gasteiger partial charge in [0.1, 0.15) is 23.1 Å². The molecule has 32 heavy (non-hydrogen) atoms. The van der Waals surface area contributed by atoms with E-state index in [4.69, 9.17) is 14.2 Å². The zero-order valence-electron chi connectivity index (χ0n) is 18.4. The number of rotatable bonds is 11. The van der Waals surface area contributed by atoms with E-state index in [1.807, 2.05) is 24.3 Å². The minimum Gasteiger partial charge on any atom is -0.497 e. The Balaban J connectivity index is 1.89. The number of hydrogen-bond acceptors (Lipinski definition) is 9. The second kappa shape index (κ2) is 10.9. The molecule has 9 heteroatoms. The van der Waals surface area contributed by atoms with Gasteiger partial charge in [0.25, 0.3) is 0 Å². The second-order valence-corrected chi connectivity index (χ2v) is 6.88. The van der Waals surface area contributed by atoms with Crippen LogP contribution in [0.15, 0.2) is 49.2 Å². The molecule has 0 unspecified atom stereocenters. The van der Waals surface area contributed by atoms with Crippen LogP contribution in [0.2, 0.25) is 0 Å². The summed E-state index contributed by atoms with van der Waals surface area (Å²) in [5, 5.41) is 6.39. The van der Waals surface area contributed by atoms with E-state index in [0.29, 0.717) is 53.7 Å². The number of pyridine rings is 1. The number of methoxy groups -OCH3 is 3. The molecule has 0 radical (unpaired) electrons. The van der Waals surface area contributed by atoms with E-state index in [1.54, 1.807) is 32.6 Å². The largest absolute Gasteiger partial charge is 0.497 e. The lowest BCUT2D eigenvalue weighted by molar-refractivity contribution is -0.141. The fourth-order valence-electron chi connectivity index (χ4n) is 3.16. The quantitative estimate of drug-likeness (QED) is 0.344. The van der Waals surface area contributed by atoms with Gasteiger partial charge in [-0.1, -0.05) is 6.08 Å². The van der Waals surface area contributed by atoms with Crippen LogP contribution in [-0.2, 0) is 16.1 Å². The van der Waals surface area contributed by atoms with Crippen molar-refractivity contribution in [2.45, 2.75) is 25.4 Å². The molecule has 0 bridgehead atoms. The van der Waals surface area contributed by atoms with E-state index in [-0.39, 0.29) is 5.97 Å². The van der Waals surface area contributed by atoms with Crippen molar-refractivity contribution in [3.63, 3.8) is 0 Å². The first kappa shape index (κ1) is 22.8. The molecule has 0 saturated heterocycles. The third-order valence-corrected chi connectivity index (χ3v) is 4.84. The standard InChI is InChI=1S/C23H27N5O4/c1-5-6-8-18(22(29)32-4)26-21-20-17(9-7-12-24-20)27-23(28-21)25-14-15-10-11-16(30-2)13-19(15)31-3/h5,7,9-13,18H,1,6,8,14H2,2-4H3,(H2,25,26,27,28)/t18-/m1/s1. The molecular formula is C23H27N5O4. The first-order chi connectivity index (χ1) is 15.6. The first-order valence-corrected chi connectivity index (χ1v) is 10.1. The summed E-state index contributed by atoms with van der Waals surface area (Å²) < 4.78 is 15.6. The van der Waals surface area contributed by atoms with Crippen LogP contribution >= 0.6 is 0 Å². The normalized spacial score (nSPS) is 11.5. The van der Waals surface area contributed by atoms with Crippen molar-refractivity contribution < 1.29 is 19.0 Å². The van der Waals surface area contributed by atoms with Crippen molar-refractivity contribution in [1.29, 1.82) is 0 Å². The van der Waals surface area contributed by atoms with Crippen LogP contribution in [0.5, 0.6) is 11.5 Å². The van der Waals surface area contributed by atoms with Crippen molar-refractivity contribution in [2.24, 2.45) is 0 Å². The van der Waals surface area contributed by atoms with E-state index in [9.17, 15) is 4.79 Å². The molecule has 0 aliphatic heterocycles. The zero-order valence-corrected chi connectivity index (χ0v) is 18.4. The molecule has 9 nitrogen and oxygen atoms in total. The molecule has 1 atom stereocenters. The van der Waals surface area contributed by atoms with E-state index >= 15 is 0 Å². The van der Waals surface area contributed by atoms with Crippen LogP contribution in [0, 0.1) is 0 Å². The van der Waals surface area contributed by atoms with Gasteiger partial charge in [0.05, 0.1) is 26.8 Å². The van der Waals surface area contributed by atoms with Crippen LogP contribution in [0.1, 0.15) is 18.4 Å².